The van der Waals surface area contributed by atoms with Gasteiger partial charge in [0.05, 0.1) is 11.4 Å². The minimum Gasteiger partial charge on any atom is -0.475 e. The lowest BCUT2D eigenvalue weighted by Crippen LogP contribution is -2.37. The Morgan fingerprint density at radius 3 is 2.45 bits per heavy atom. The van der Waals surface area contributed by atoms with E-state index in [0.29, 0.717) is 30.0 Å². The number of carbonyl (C=O) groups is 1. The molecular formula is C38H42N4O6S. The lowest BCUT2D eigenvalue weighted by molar-refractivity contribution is -0.194. The van der Waals surface area contributed by atoms with Crippen LogP contribution in [0.5, 0.6) is 11.5 Å². The Morgan fingerprint density at radius 1 is 0.980 bits per heavy atom. The first kappa shape index (κ1) is 34.1. The van der Waals surface area contributed by atoms with Crippen molar-refractivity contribution in [1.82, 2.24) is 19.3 Å². The maximum absolute atomic E-state index is 13.9. The second-order valence-corrected chi connectivity index (χ2v) is 14.5. The van der Waals surface area contributed by atoms with E-state index in [0.717, 1.165) is 63.3 Å². The average Bonchev–Trinajstić information content (AvgIpc) is 3.68. The van der Waals surface area contributed by atoms with Crippen LogP contribution in [0, 0.1) is 13.8 Å². The summed E-state index contributed by atoms with van der Waals surface area (Å²) in [4.78, 5) is 34.0. The number of hydrogen-bond donors (Lipinski definition) is 1. The molecule has 6 rings (SSSR count). The van der Waals surface area contributed by atoms with Crippen LogP contribution < -0.4 is 14.3 Å². The largest absolute Gasteiger partial charge is 0.475 e. The summed E-state index contributed by atoms with van der Waals surface area (Å²) in [5.74, 6) is 1.30. The molecule has 11 heteroatoms. The third kappa shape index (κ3) is 7.18. The Hall–Kier alpha value is -4.74. The van der Waals surface area contributed by atoms with Crippen LogP contribution in [0.2, 0.25) is 0 Å². The van der Waals surface area contributed by atoms with Crippen LogP contribution in [0.4, 0.5) is 0 Å². The number of pyridine rings is 1. The number of aromatic nitrogens is 3. The number of fused-ring (bicyclic) bond motifs is 2. The summed E-state index contributed by atoms with van der Waals surface area (Å²) in [5.41, 5.74) is 7.94. The zero-order valence-electron chi connectivity index (χ0n) is 28.7. The third-order valence-corrected chi connectivity index (χ3v) is 10.1. The number of ether oxygens (including phenoxy) is 1. The van der Waals surface area contributed by atoms with E-state index in [1.165, 1.54) is 12.1 Å². The van der Waals surface area contributed by atoms with Crippen LogP contribution in [-0.2, 0) is 45.7 Å². The number of rotatable bonds is 12. The highest BCUT2D eigenvalue weighted by Gasteiger charge is 2.30. The number of carbonyl (C=O) groups excluding carboxylic acids is 1. The van der Waals surface area contributed by atoms with Gasteiger partial charge in [-0.1, -0.05) is 70.5 Å². The van der Waals surface area contributed by atoms with Gasteiger partial charge in [-0.05, 0) is 78.8 Å². The second kappa shape index (κ2) is 14.0. The first-order valence-corrected chi connectivity index (χ1v) is 18.2. The zero-order valence-corrected chi connectivity index (χ0v) is 29.6. The number of amides is 1. The molecule has 0 aliphatic carbocycles. The minimum atomic E-state index is -4.20. The fourth-order valence-electron chi connectivity index (χ4n) is 6.14. The summed E-state index contributed by atoms with van der Waals surface area (Å²) in [7, 11) is -4.20. The van der Waals surface area contributed by atoms with Crippen molar-refractivity contribution in [2.24, 2.45) is 0 Å². The van der Waals surface area contributed by atoms with E-state index < -0.39 is 22.0 Å². The lowest BCUT2D eigenvalue weighted by Gasteiger charge is -2.22. The van der Waals surface area contributed by atoms with Crippen LogP contribution in [0.1, 0.15) is 91.0 Å². The molecule has 0 radical (unpaired) electrons. The molecule has 3 aromatic carbocycles. The molecule has 1 amide bonds. The van der Waals surface area contributed by atoms with Gasteiger partial charge in [-0.2, -0.15) is 4.89 Å². The van der Waals surface area contributed by atoms with Crippen molar-refractivity contribution in [2.45, 2.75) is 90.9 Å². The highest BCUT2D eigenvalue weighted by Crippen LogP contribution is 2.34. The summed E-state index contributed by atoms with van der Waals surface area (Å²) < 4.78 is 37.7. The van der Waals surface area contributed by atoms with Gasteiger partial charge in [-0.3, -0.25) is 4.79 Å². The highest BCUT2D eigenvalue weighted by molar-refractivity contribution is 7.90. The van der Waals surface area contributed by atoms with Gasteiger partial charge in [0.2, 0.25) is 6.10 Å². The van der Waals surface area contributed by atoms with Gasteiger partial charge in [0.1, 0.15) is 23.7 Å². The SMILES string of the molecule is CCCc1cc(Cn2c(CC)nc3c(C)cc(C)nc32)ccc1OC(C(=O)NS(=O)(=O)c1ccc(C(C)C)cc1)c1ccc2c(c1)OOC2. The molecule has 2 aromatic heterocycles. The minimum absolute atomic E-state index is 0.0101. The van der Waals surface area contributed by atoms with Crippen LogP contribution in [0.3, 0.4) is 0 Å². The van der Waals surface area contributed by atoms with Gasteiger partial charge < -0.3 is 14.2 Å². The molecule has 256 valence electrons. The molecule has 1 atom stereocenters. The van der Waals surface area contributed by atoms with E-state index in [-0.39, 0.29) is 17.4 Å². The van der Waals surface area contributed by atoms with Crippen molar-refractivity contribution in [3.63, 3.8) is 0 Å². The van der Waals surface area contributed by atoms with Crippen molar-refractivity contribution in [3.8, 4) is 11.5 Å². The Morgan fingerprint density at radius 2 is 1.73 bits per heavy atom. The number of hydrogen-bond acceptors (Lipinski definition) is 8. The van der Waals surface area contributed by atoms with Gasteiger partial charge in [-0.25, -0.2) is 23.1 Å². The molecule has 1 N–H and O–H groups in total. The quantitative estimate of drug-likeness (QED) is 0.137. The zero-order chi connectivity index (χ0) is 34.9. The Balaban J connectivity index is 1.33. The second-order valence-electron chi connectivity index (χ2n) is 12.8. The molecule has 3 heterocycles. The monoisotopic (exact) mass is 682 g/mol. The van der Waals surface area contributed by atoms with Crippen LogP contribution in [-0.4, -0.2) is 28.9 Å². The van der Waals surface area contributed by atoms with Crippen molar-refractivity contribution in [3.05, 3.63) is 112 Å². The number of imidazole rings is 1. The van der Waals surface area contributed by atoms with Crippen LogP contribution in [0.15, 0.2) is 71.6 Å². The summed E-state index contributed by atoms with van der Waals surface area (Å²) in [6.07, 6.45) is 0.964. The van der Waals surface area contributed by atoms with Crippen molar-refractivity contribution >= 4 is 27.1 Å². The number of aryl methyl sites for hydroxylation is 4. The Labute approximate surface area is 287 Å². The first-order valence-electron chi connectivity index (χ1n) is 16.7. The third-order valence-electron chi connectivity index (χ3n) is 8.73. The molecular weight excluding hydrogens is 641 g/mol. The predicted molar refractivity (Wildman–Crippen MR) is 187 cm³/mol. The van der Waals surface area contributed by atoms with E-state index in [2.05, 4.69) is 36.1 Å². The van der Waals surface area contributed by atoms with Gasteiger partial charge in [0.15, 0.2) is 11.4 Å². The average molecular weight is 683 g/mol. The van der Waals surface area contributed by atoms with Gasteiger partial charge in [-0.15, -0.1) is 0 Å². The summed E-state index contributed by atoms with van der Waals surface area (Å²) in [6, 6.07) is 19.6. The standard InChI is InChI=1S/C38H42N4O6S/c1-7-9-28-19-26(21-42-34(8-2)40-35-24(5)18-25(6)39-37(35)42)10-17-32(28)47-36(29-11-12-30-22-46-48-33(30)20-29)38(43)41-49(44,45)31-15-13-27(14-16-31)23(3)4/h10-20,23,36H,7-9,21-22H2,1-6H3,(H,41,43). The molecule has 10 nitrogen and oxygen atoms in total. The Kier molecular flexibility index (Phi) is 9.76. The predicted octanol–water partition coefficient (Wildman–Crippen LogP) is 7.18. The molecule has 0 saturated carbocycles. The molecule has 1 aliphatic heterocycles. The van der Waals surface area contributed by atoms with Crippen LogP contribution >= 0.6 is 0 Å². The van der Waals surface area contributed by atoms with Crippen molar-refractivity contribution in [1.29, 1.82) is 0 Å². The molecule has 0 fully saturated rings. The number of nitrogens with one attached hydrogen (secondary N) is 1. The molecule has 5 aromatic rings. The normalized spacial score (nSPS) is 13.4. The smallest absolute Gasteiger partial charge is 0.279 e. The molecule has 1 unspecified atom stereocenters. The van der Waals surface area contributed by atoms with E-state index in [4.69, 9.17) is 24.5 Å². The molecule has 1 aliphatic rings. The van der Waals surface area contributed by atoms with Crippen molar-refractivity contribution < 1.29 is 27.7 Å². The van der Waals surface area contributed by atoms with E-state index >= 15 is 0 Å². The van der Waals surface area contributed by atoms with Gasteiger partial charge in [0.25, 0.3) is 15.9 Å². The lowest BCUT2D eigenvalue weighted by atomic mass is 10.0. The number of benzene rings is 3. The van der Waals surface area contributed by atoms with Crippen LogP contribution in [0.25, 0.3) is 11.2 Å². The highest BCUT2D eigenvalue weighted by atomic mass is 32.2. The molecule has 0 saturated heterocycles. The van der Waals surface area contributed by atoms with Crippen molar-refractivity contribution in [2.75, 3.05) is 0 Å². The van der Waals surface area contributed by atoms with Gasteiger partial charge in [0, 0.05) is 23.2 Å². The topological polar surface area (TPSA) is 122 Å². The first-order chi connectivity index (χ1) is 23.5. The summed E-state index contributed by atoms with van der Waals surface area (Å²) in [6.45, 7) is 13.1. The van der Waals surface area contributed by atoms with E-state index in [9.17, 15) is 13.2 Å². The summed E-state index contributed by atoms with van der Waals surface area (Å²) >= 11 is 0. The maximum Gasteiger partial charge on any atom is 0.279 e. The van der Waals surface area contributed by atoms with E-state index in [1.807, 2.05) is 39.0 Å². The van der Waals surface area contributed by atoms with E-state index in [1.54, 1.807) is 30.3 Å². The Bertz CT molecular complexity index is 2120. The summed E-state index contributed by atoms with van der Waals surface area (Å²) in [5, 5.41) is 0. The van der Waals surface area contributed by atoms with Gasteiger partial charge >= 0.3 is 0 Å². The number of sulfonamides is 1. The fourth-order valence-corrected chi connectivity index (χ4v) is 7.13. The fraction of sp³-hybridized carbons (Fsp3) is 0.342. The molecule has 0 spiro atoms. The molecule has 49 heavy (non-hydrogen) atoms. The number of nitrogens with zero attached hydrogens (tertiary/aromatic N) is 3. The maximum atomic E-state index is 13.9. The molecule has 0 bridgehead atoms.